The van der Waals surface area contributed by atoms with Crippen molar-refractivity contribution in [2.24, 2.45) is 0 Å². The second-order valence-corrected chi connectivity index (χ2v) is 6.96. The van der Waals surface area contributed by atoms with E-state index < -0.39 is 5.54 Å². The van der Waals surface area contributed by atoms with E-state index in [2.05, 4.69) is 22.4 Å². The van der Waals surface area contributed by atoms with Crippen LogP contribution in [0.25, 0.3) is 0 Å². The summed E-state index contributed by atoms with van der Waals surface area (Å²) in [6.45, 7) is 6.70. The molecule has 0 aliphatic rings. The van der Waals surface area contributed by atoms with Crippen LogP contribution in [-0.4, -0.2) is 41.1 Å². The molecule has 108 valence electrons. The van der Waals surface area contributed by atoms with Crippen LogP contribution in [0.2, 0.25) is 0 Å². The van der Waals surface area contributed by atoms with Crippen LogP contribution in [0.15, 0.2) is 4.34 Å². The zero-order valence-corrected chi connectivity index (χ0v) is 13.5. The van der Waals surface area contributed by atoms with Crippen LogP contribution in [-0.2, 0) is 9.53 Å². The van der Waals surface area contributed by atoms with Crippen molar-refractivity contribution >= 4 is 29.1 Å². The van der Waals surface area contributed by atoms with Crippen molar-refractivity contribution in [1.29, 1.82) is 0 Å². The first kappa shape index (κ1) is 16.4. The largest absolute Gasteiger partial charge is 0.468 e. The molecule has 0 amide bonds. The van der Waals surface area contributed by atoms with Crippen LogP contribution in [0, 0.1) is 6.92 Å². The zero-order valence-electron chi connectivity index (χ0n) is 11.9. The minimum Gasteiger partial charge on any atom is -0.468 e. The van der Waals surface area contributed by atoms with Gasteiger partial charge in [-0.3, -0.25) is 4.79 Å². The van der Waals surface area contributed by atoms with Gasteiger partial charge in [0.1, 0.15) is 10.5 Å². The fraction of sp³-hybridized carbons (Fsp3) is 0.750. The molecule has 0 aliphatic carbocycles. The minimum atomic E-state index is -0.627. The molecule has 1 aromatic heterocycles. The third-order valence-corrected chi connectivity index (χ3v) is 4.71. The molecular weight excluding hydrogens is 282 g/mol. The van der Waals surface area contributed by atoms with Gasteiger partial charge in [0.25, 0.3) is 0 Å². The van der Waals surface area contributed by atoms with E-state index in [1.807, 2.05) is 13.8 Å². The lowest BCUT2D eigenvalue weighted by Crippen LogP contribution is -2.50. The molecule has 0 spiro atoms. The molecule has 19 heavy (non-hydrogen) atoms. The first-order chi connectivity index (χ1) is 9.01. The van der Waals surface area contributed by atoms with Gasteiger partial charge >= 0.3 is 5.97 Å². The molecule has 1 aromatic rings. The lowest BCUT2D eigenvalue weighted by Gasteiger charge is -2.27. The number of rotatable bonds is 8. The molecule has 5 nitrogen and oxygen atoms in total. The highest BCUT2D eigenvalue weighted by Gasteiger charge is 2.33. The average Bonchev–Trinajstić information content (AvgIpc) is 2.81. The number of carbonyl (C=O) groups excluding carboxylic acids is 1. The first-order valence-electron chi connectivity index (χ1n) is 6.28. The van der Waals surface area contributed by atoms with Gasteiger partial charge in [-0.05, 0) is 33.2 Å². The van der Waals surface area contributed by atoms with Gasteiger partial charge in [-0.15, -0.1) is 10.2 Å². The summed E-state index contributed by atoms with van der Waals surface area (Å²) in [5.41, 5.74) is -0.627. The van der Waals surface area contributed by atoms with E-state index in [1.54, 1.807) is 23.1 Å². The van der Waals surface area contributed by atoms with Gasteiger partial charge in [0.15, 0.2) is 4.34 Å². The van der Waals surface area contributed by atoms with E-state index >= 15 is 0 Å². The molecule has 1 N–H and O–H groups in total. The van der Waals surface area contributed by atoms with Crippen molar-refractivity contribution in [1.82, 2.24) is 15.5 Å². The van der Waals surface area contributed by atoms with Crippen molar-refractivity contribution in [2.45, 2.75) is 43.5 Å². The fourth-order valence-corrected chi connectivity index (χ4v) is 3.61. The summed E-state index contributed by atoms with van der Waals surface area (Å²) in [5, 5.41) is 12.3. The SMILES string of the molecule is CCCNC(C)(CCSc1nnc(C)s1)C(=O)OC. The van der Waals surface area contributed by atoms with Gasteiger partial charge in [0.2, 0.25) is 0 Å². The molecular formula is C12H21N3O2S2. The second-order valence-electron chi connectivity index (χ2n) is 4.44. The van der Waals surface area contributed by atoms with Gasteiger partial charge in [0, 0.05) is 5.75 Å². The van der Waals surface area contributed by atoms with E-state index in [-0.39, 0.29) is 5.97 Å². The molecule has 1 heterocycles. The lowest BCUT2D eigenvalue weighted by molar-refractivity contribution is -0.148. The molecule has 1 rings (SSSR count). The predicted molar refractivity (Wildman–Crippen MR) is 78.7 cm³/mol. The van der Waals surface area contributed by atoms with E-state index in [1.165, 1.54) is 7.11 Å². The quantitative estimate of drug-likeness (QED) is 0.587. The number of ether oxygens (including phenoxy) is 1. The van der Waals surface area contributed by atoms with Crippen LogP contribution in [0.4, 0.5) is 0 Å². The Hall–Kier alpha value is -0.660. The number of carbonyl (C=O) groups is 1. The maximum absolute atomic E-state index is 11.9. The summed E-state index contributed by atoms with van der Waals surface area (Å²) >= 11 is 3.20. The Kier molecular flexibility index (Phi) is 6.74. The normalized spacial score (nSPS) is 14.1. The van der Waals surface area contributed by atoms with E-state index in [4.69, 9.17) is 4.74 Å². The first-order valence-corrected chi connectivity index (χ1v) is 8.08. The number of hydrogen-bond donors (Lipinski definition) is 1. The highest BCUT2D eigenvalue weighted by Crippen LogP contribution is 2.25. The Morgan fingerprint density at radius 1 is 1.53 bits per heavy atom. The summed E-state index contributed by atoms with van der Waals surface area (Å²) in [7, 11) is 1.43. The number of hydrogen-bond acceptors (Lipinski definition) is 7. The van der Waals surface area contributed by atoms with Gasteiger partial charge in [-0.1, -0.05) is 30.0 Å². The van der Waals surface area contributed by atoms with Crippen LogP contribution in [0.1, 0.15) is 31.7 Å². The molecule has 0 fully saturated rings. The molecule has 1 unspecified atom stereocenters. The highest BCUT2D eigenvalue weighted by atomic mass is 32.2. The summed E-state index contributed by atoms with van der Waals surface area (Å²) in [6, 6.07) is 0. The maximum Gasteiger partial charge on any atom is 0.325 e. The van der Waals surface area contributed by atoms with Crippen molar-refractivity contribution in [2.75, 3.05) is 19.4 Å². The Bertz CT molecular complexity index is 411. The monoisotopic (exact) mass is 303 g/mol. The van der Waals surface area contributed by atoms with Crippen molar-refractivity contribution in [3.63, 3.8) is 0 Å². The number of nitrogens with zero attached hydrogens (tertiary/aromatic N) is 2. The molecule has 7 heteroatoms. The van der Waals surface area contributed by atoms with E-state index in [9.17, 15) is 4.79 Å². The molecule has 0 saturated heterocycles. The lowest BCUT2D eigenvalue weighted by atomic mass is 9.99. The minimum absolute atomic E-state index is 0.213. The number of aromatic nitrogens is 2. The maximum atomic E-state index is 11.9. The molecule has 0 aliphatic heterocycles. The van der Waals surface area contributed by atoms with Crippen LogP contribution in [0.3, 0.4) is 0 Å². The standard InChI is InChI=1S/C12H21N3O2S2/c1-5-7-13-12(3,10(16)17-4)6-8-18-11-15-14-9(2)19-11/h13H,5-8H2,1-4H3. The number of thioether (sulfide) groups is 1. The average molecular weight is 303 g/mol. The third-order valence-electron chi connectivity index (χ3n) is 2.74. The summed E-state index contributed by atoms with van der Waals surface area (Å²) in [5.74, 6) is 0.590. The van der Waals surface area contributed by atoms with Crippen LogP contribution < -0.4 is 5.32 Å². The summed E-state index contributed by atoms with van der Waals surface area (Å²) in [4.78, 5) is 11.9. The Labute approximate surface area is 122 Å². The smallest absolute Gasteiger partial charge is 0.325 e. The number of aryl methyl sites for hydroxylation is 1. The number of nitrogens with one attached hydrogen (secondary N) is 1. The van der Waals surface area contributed by atoms with Gasteiger partial charge < -0.3 is 10.1 Å². The number of esters is 1. The Balaban J connectivity index is 2.50. The summed E-state index contributed by atoms with van der Waals surface area (Å²) < 4.78 is 5.83. The van der Waals surface area contributed by atoms with E-state index in [0.29, 0.717) is 6.42 Å². The number of methoxy groups -OCH3 is 1. The predicted octanol–water partition coefficient (Wildman–Crippen LogP) is 2.26. The second kappa shape index (κ2) is 7.81. The molecule has 1 atom stereocenters. The van der Waals surface area contributed by atoms with Gasteiger partial charge in [-0.2, -0.15) is 0 Å². The Morgan fingerprint density at radius 3 is 2.79 bits per heavy atom. The fourth-order valence-electron chi connectivity index (χ4n) is 1.57. The van der Waals surface area contributed by atoms with Crippen LogP contribution >= 0.6 is 23.1 Å². The van der Waals surface area contributed by atoms with Gasteiger partial charge in [-0.25, -0.2) is 0 Å². The molecule has 0 saturated carbocycles. The topological polar surface area (TPSA) is 64.1 Å². The zero-order chi connectivity index (χ0) is 14.3. The van der Waals surface area contributed by atoms with Crippen LogP contribution in [0.5, 0.6) is 0 Å². The highest BCUT2D eigenvalue weighted by molar-refractivity contribution is 8.01. The van der Waals surface area contributed by atoms with Crippen molar-refractivity contribution < 1.29 is 9.53 Å². The summed E-state index contributed by atoms with van der Waals surface area (Å²) in [6.07, 6.45) is 1.68. The Morgan fingerprint density at radius 2 is 2.26 bits per heavy atom. The molecule has 0 radical (unpaired) electrons. The van der Waals surface area contributed by atoms with Crippen molar-refractivity contribution in [3.05, 3.63) is 5.01 Å². The third kappa shape index (κ3) is 5.08. The molecule has 0 aromatic carbocycles. The van der Waals surface area contributed by atoms with Gasteiger partial charge in [0.05, 0.1) is 7.11 Å². The molecule has 0 bridgehead atoms. The van der Waals surface area contributed by atoms with E-state index in [0.717, 1.165) is 28.1 Å². The van der Waals surface area contributed by atoms with Crippen molar-refractivity contribution in [3.8, 4) is 0 Å².